The average Bonchev–Trinajstić information content (AvgIpc) is 3.17. The molecule has 0 aliphatic heterocycles. The standard InChI is InChI=1S/C24H26N2O3/c1-3-4-17-28-21-10-5-19(6-11-21)7-14-23(27)20-8-12-22(13-9-20)29-18-24-25-15-16-26(24)2/h5-16H,3-4,17-18H2,1-2H3/b14-7+. The van der Waals surface area contributed by atoms with Crippen LogP contribution in [0.25, 0.3) is 6.08 Å². The fraction of sp³-hybridized carbons (Fsp3) is 0.250. The third-order valence-electron chi connectivity index (χ3n) is 4.50. The molecule has 5 nitrogen and oxygen atoms in total. The van der Waals surface area contributed by atoms with Gasteiger partial charge in [0.15, 0.2) is 5.78 Å². The van der Waals surface area contributed by atoms with Crippen LogP contribution < -0.4 is 9.47 Å². The van der Waals surface area contributed by atoms with Crippen molar-refractivity contribution in [2.75, 3.05) is 6.61 Å². The Morgan fingerprint density at radius 3 is 2.38 bits per heavy atom. The minimum Gasteiger partial charge on any atom is -0.494 e. The molecule has 3 rings (SSSR count). The molecular weight excluding hydrogens is 364 g/mol. The lowest BCUT2D eigenvalue weighted by Crippen LogP contribution is -2.03. The van der Waals surface area contributed by atoms with Gasteiger partial charge in [0, 0.05) is 25.0 Å². The Hall–Kier alpha value is -3.34. The summed E-state index contributed by atoms with van der Waals surface area (Å²) < 4.78 is 13.3. The van der Waals surface area contributed by atoms with E-state index < -0.39 is 0 Å². The zero-order valence-corrected chi connectivity index (χ0v) is 16.9. The number of ketones is 1. The summed E-state index contributed by atoms with van der Waals surface area (Å²) in [6.45, 7) is 3.25. The number of hydrogen-bond donors (Lipinski definition) is 0. The molecule has 0 saturated heterocycles. The fourth-order valence-corrected chi connectivity index (χ4v) is 2.68. The van der Waals surface area contributed by atoms with E-state index in [-0.39, 0.29) is 5.78 Å². The molecular formula is C24H26N2O3. The number of rotatable bonds is 10. The summed E-state index contributed by atoms with van der Waals surface area (Å²) in [5.74, 6) is 2.34. The first kappa shape index (κ1) is 20.4. The molecule has 0 N–H and O–H groups in total. The first-order valence-corrected chi connectivity index (χ1v) is 9.80. The summed E-state index contributed by atoms with van der Waals surface area (Å²) in [5.41, 5.74) is 1.57. The predicted molar refractivity (Wildman–Crippen MR) is 114 cm³/mol. The van der Waals surface area contributed by atoms with E-state index in [0.717, 1.165) is 36.6 Å². The number of unbranched alkanes of at least 4 members (excludes halogenated alkanes) is 1. The maximum atomic E-state index is 12.4. The van der Waals surface area contributed by atoms with Crippen LogP contribution in [0.3, 0.4) is 0 Å². The minimum absolute atomic E-state index is 0.0519. The molecule has 0 fully saturated rings. The Labute approximate surface area is 171 Å². The first-order valence-electron chi connectivity index (χ1n) is 9.80. The molecule has 0 spiro atoms. The van der Waals surface area contributed by atoms with Crippen LogP contribution in [-0.2, 0) is 13.7 Å². The van der Waals surface area contributed by atoms with Gasteiger partial charge in [-0.1, -0.05) is 31.6 Å². The summed E-state index contributed by atoms with van der Waals surface area (Å²) in [7, 11) is 1.92. The zero-order chi connectivity index (χ0) is 20.5. The maximum absolute atomic E-state index is 12.4. The van der Waals surface area contributed by atoms with Crippen LogP contribution >= 0.6 is 0 Å². The van der Waals surface area contributed by atoms with Crippen LogP contribution in [-0.4, -0.2) is 21.9 Å². The summed E-state index contributed by atoms with van der Waals surface area (Å²) in [5, 5.41) is 0. The fourth-order valence-electron chi connectivity index (χ4n) is 2.68. The Morgan fingerprint density at radius 1 is 1.03 bits per heavy atom. The second kappa shape index (κ2) is 10.3. The number of carbonyl (C=O) groups is 1. The van der Waals surface area contributed by atoms with Gasteiger partial charge < -0.3 is 14.0 Å². The molecule has 0 aliphatic carbocycles. The van der Waals surface area contributed by atoms with Crippen LogP contribution in [0.1, 0.15) is 41.5 Å². The molecule has 1 aromatic heterocycles. The first-order chi connectivity index (χ1) is 14.2. The number of ether oxygens (including phenoxy) is 2. The number of imidazole rings is 1. The summed E-state index contributed by atoms with van der Waals surface area (Å²) in [6.07, 6.45) is 9.16. The van der Waals surface area contributed by atoms with Crippen molar-refractivity contribution in [1.82, 2.24) is 9.55 Å². The van der Waals surface area contributed by atoms with Crippen LogP contribution in [0.5, 0.6) is 11.5 Å². The Kier molecular flexibility index (Phi) is 7.22. The summed E-state index contributed by atoms with van der Waals surface area (Å²) in [6, 6.07) is 14.9. The van der Waals surface area contributed by atoms with Gasteiger partial charge in [0.1, 0.15) is 23.9 Å². The van der Waals surface area contributed by atoms with Crippen molar-refractivity contribution >= 4 is 11.9 Å². The molecule has 0 atom stereocenters. The third-order valence-corrected chi connectivity index (χ3v) is 4.50. The van der Waals surface area contributed by atoms with Gasteiger partial charge in [0.25, 0.3) is 0 Å². The van der Waals surface area contributed by atoms with Crippen molar-refractivity contribution in [2.24, 2.45) is 7.05 Å². The van der Waals surface area contributed by atoms with Crippen molar-refractivity contribution < 1.29 is 14.3 Å². The lowest BCUT2D eigenvalue weighted by Gasteiger charge is -2.06. The highest BCUT2D eigenvalue weighted by Crippen LogP contribution is 2.16. The number of aryl methyl sites for hydroxylation is 1. The van der Waals surface area contributed by atoms with Crippen LogP contribution in [0.15, 0.2) is 67.0 Å². The van der Waals surface area contributed by atoms with Crippen LogP contribution in [0.2, 0.25) is 0 Å². The van der Waals surface area contributed by atoms with Gasteiger partial charge in [-0.3, -0.25) is 4.79 Å². The van der Waals surface area contributed by atoms with Crippen LogP contribution in [0.4, 0.5) is 0 Å². The monoisotopic (exact) mass is 390 g/mol. The van der Waals surface area contributed by atoms with Crippen molar-refractivity contribution in [3.05, 3.63) is 84.0 Å². The normalized spacial score (nSPS) is 11.0. The lowest BCUT2D eigenvalue weighted by molar-refractivity contribution is 0.104. The van der Waals surface area contributed by atoms with Crippen molar-refractivity contribution in [3.63, 3.8) is 0 Å². The van der Waals surface area contributed by atoms with Gasteiger partial charge >= 0.3 is 0 Å². The second-order valence-electron chi connectivity index (χ2n) is 6.74. The molecule has 0 radical (unpaired) electrons. The molecule has 0 bridgehead atoms. The smallest absolute Gasteiger partial charge is 0.185 e. The number of aromatic nitrogens is 2. The number of carbonyl (C=O) groups excluding carboxylic acids is 1. The summed E-state index contributed by atoms with van der Waals surface area (Å²) >= 11 is 0. The molecule has 150 valence electrons. The molecule has 0 amide bonds. The van der Waals surface area contributed by atoms with E-state index >= 15 is 0 Å². The Bertz CT molecular complexity index is 941. The van der Waals surface area contributed by atoms with Crippen molar-refractivity contribution in [3.8, 4) is 11.5 Å². The largest absolute Gasteiger partial charge is 0.494 e. The predicted octanol–water partition coefficient (Wildman–Crippen LogP) is 5.07. The van der Waals surface area contributed by atoms with Gasteiger partial charge in [0.2, 0.25) is 0 Å². The third kappa shape index (κ3) is 6.07. The molecule has 0 unspecified atom stereocenters. The minimum atomic E-state index is -0.0519. The Balaban J connectivity index is 1.52. The van der Waals surface area contributed by atoms with Gasteiger partial charge in [-0.2, -0.15) is 0 Å². The number of benzene rings is 2. The number of hydrogen-bond acceptors (Lipinski definition) is 4. The highest BCUT2D eigenvalue weighted by atomic mass is 16.5. The molecule has 1 heterocycles. The van der Waals surface area contributed by atoms with Gasteiger partial charge in [-0.25, -0.2) is 4.98 Å². The van der Waals surface area contributed by atoms with E-state index in [9.17, 15) is 4.79 Å². The average molecular weight is 390 g/mol. The summed E-state index contributed by atoms with van der Waals surface area (Å²) in [4.78, 5) is 16.6. The zero-order valence-electron chi connectivity index (χ0n) is 16.9. The van der Waals surface area contributed by atoms with E-state index in [1.54, 1.807) is 36.5 Å². The quantitative estimate of drug-likeness (QED) is 0.275. The highest BCUT2D eigenvalue weighted by Gasteiger charge is 2.04. The molecule has 0 aliphatic rings. The van der Waals surface area contributed by atoms with Crippen molar-refractivity contribution in [1.29, 1.82) is 0 Å². The number of nitrogens with zero attached hydrogens (tertiary/aromatic N) is 2. The molecule has 0 saturated carbocycles. The van der Waals surface area contributed by atoms with Gasteiger partial charge in [-0.15, -0.1) is 0 Å². The van der Waals surface area contributed by atoms with Crippen molar-refractivity contribution in [2.45, 2.75) is 26.4 Å². The lowest BCUT2D eigenvalue weighted by atomic mass is 10.1. The molecule has 2 aromatic carbocycles. The van der Waals surface area contributed by atoms with E-state index in [2.05, 4.69) is 11.9 Å². The maximum Gasteiger partial charge on any atom is 0.185 e. The molecule has 5 heteroatoms. The van der Waals surface area contributed by atoms with E-state index in [4.69, 9.17) is 9.47 Å². The SMILES string of the molecule is CCCCOc1ccc(/C=C/C(=O)c2ccc(OCc3nccn3C)cc2)cc1. The number of allylic oxidation sites excluding steroid dienone is 1. The second-order valence-corrected chi connectivity index (χ2v) is 6.74. The Morgan fingerprint density at radius 2 is 1.72 bits per heavy atom. The van der Waals surface area contributed by atoms with Crippen LogP contribution in [0, 0.1) is 0 Å². The van der Waals surface area contributed by atoms with E-state index in [1.165, 1.54) is 0 Å². The highest BCUT2D eigenvalue weighted by molar-refractivity contribution is 6.06. The van der Waals surface area contributed by atoms with E-state index in [0.29, 0.717) is 17.9 Å². The molecule has 29 heavy (non-hydrogen) atoms. The topological polar surface area (TPSA) is 53.4 Å². The van der Waals surface area contributed by atoms with Gasteiger partial charge in [0.05, 0.1) is 6.61 Å². The molecule has 3 aromatic rings. The van der Waals surface area contributed by atoms with Gasteiger partial charge in [-0.05, 0) is 54.5 Å². The van der Waals surface area contributed by atoms with E-state index in [1.807, 2.05) is 48.2 Å².